The minimum atomic E-state index is -0.600. The summed E-state index contributed by atoms with van der Waals surface area (Å²) >= 11 is 0. The fourth-order valence-electron chi connectivity index (χ4n) is 3.04. The number of anilines is 2. The standard InChI is InChI=1S/C25H37BFN3O3/c1-6-11-20(12-10-17-27)28-23(31)13-8-7-9-14-24(32)29-22-18-19(25(2,3)4)15-16-21(22)30-26-33-5/h6,10-12,15-16,18,26,30H,1,7-9,13-14,17H2,2-5H3,(H,28,31)(H,29,32)/b12-10-,20-11+. The molecule has 0 aliphatic carbocycles. The average Bonchev–Trinajstić information content (AvgIpc) is 2.75. The molecular formula is C25H37BFN3O3. The smallest absolute Gasteiger partial charge is 0.393 e. The molecule has 0 aromatic heterocycles. The number of nitrogens with one attached hydrogen (secondary N) is 3. The highest BCUT2D eigenvalue weighted by atomic mass is 19.1. The summed E-state index contributed by atoms with van der Waals surface area (Å²) in [5.74, 6) is -0.220. The lowest BCUT2D eigenvalue weighted by Crippen LogP contribution is -2.21. The topological polar surface area (TPSA) is 79.5 Å². The van der Waals surface area contributed by atoms with Crippen molar-refractivity contribution in [2.45, 2.75) is 58.3 Å². The number of unbranched alkanes of at least 4 members (excludes halogenated alkanes) is 2. The summed E-state index contributed by atoms with van der Waals surface area (Å²) in [4.78, 5) is 24.6. The summed E-state index contributed by atoms with van der Waals surface area (Å²) in [6.07, 6.45) is 8.76. The number of amides is 2. The number of carbonyl (C=O) groups is 2. The Labute approximate surface area is 198 Å². The number of benzene rings is 1. The van der Waals surface area contributed by atoms with Crippen molar-refractivity contribution in [3.8, 4) is 0 Å². The SMILES string of the molecule is C=C/C=C(\C=C/CF)NC(=O)CCCCCC(=O)Nc1cc(C(C)(C)C)ccc1NBOC. The van der Waals surface area contributed by atoms with Crippen LogP contribution in [0.15, 0.2) is 54.8 Å². The van der Waals surface area contributed by atoms with Crippen LogP contribution in [0.5, 0.6) is 0 Å². The maximum absolute atomic E-state index is 12.5. The third-order valence-electron chi connectivity index (χ3n) is 4.84. The molecule has 0 atom stereocenters. The predicted molar refractivity (Wildman–Crippen MR) is 136 cm³/mol. The molecule has 0 fully saturated rings. The summed E-state index contributed by atoms with van der Waals surface area (Å²) in [6, 6.07) is 5.99. The lowest BCUT2D eigenvalue weighted by molar-refractivity contribution is -0.120. The fraction of sp³-hybridized carbons (Fsp3) is 0.440. The number of allylic oxidation sites excluding steroid dienone is 4. The van der Waals surface area contributed by atoms with Crippen LogP contribution in [-0.2, 0) is 19.7 Å². The van der Waals surface area contributed by atoms with Crippen LogP contribution in [0.2, 0.25) is 0 Å². The maximum Gasteiger partial charge on any atom is 0.393 e. The number of hydrogen-bond acceptors (Lipinski definition) is 4. The van der Waals surface area contributed by atoms with E-state index in [1.807, 2.05) is 18.2 Å². The van der Waals surface area contributed by atoms with Crippen molar-refractivity contribution in [3.63, 3.8) is 0 Å². The van der Waals surface area contributed by atoms with Crippen molar-refractivity contribution >= 4 is 30.8 Å². The zero-order chi connectivity index (χ0) is 24.7. The van der Waals surface area contributed by atoms with Gasteiger partial charge in [0.2, 0.25) is 11.8 Å². The molecule has 180 valence electrons. The fourth-order valence-corrected chi connectivity index (χ4v) is 3.04. The molecule has 0 bridgehead atoms. The van der Waals surface area contributed by atoms with Crippen LogP contribution in [0.1, 0.15) is 58.4 Å². The van der Waals surface area contributed by atoms with E-state index in [-0.39, 0.29) is 17.2 Å². The number of hydrogen-bond donors (Lipinski definition) is 3. The van der Waals surface area contributed by atoms with Gasteiger partial charge in [-0.3, -0.25) is 9.59 Å². The summed E-state index contributed by atoms with van der Waals surface area (Å²) in [7, 11) is 1.94. The van der Waals surface area contributed by atoms with Crippen LogP contribution in [-0.4, -0.2) is 33.2 Å². The van der Waals surface area contributed by atoms with Crippen molar-refractivity contribution in [1.82, 2.24) is 5.32 Å². The molecule has 1 aromatic rings. The van der Waals surface area contributed by atoms with E-state index in [0.717, 1.165) is 23.4 Å². The highest BCUT2D eigenvalue weighted by Crippen LogP contribution is 2.30. The predicted octanol–water partition coefficient (Wildman–Crippen LogP) is 4.91. The van der Waals surface area contributed by atoms with Gasteiger partial charge in [-0.1, -0.05) is 52.0 Å². The molecule has 1 rings (SSSR count). The molecule has 6 nitrogen and oxygen atoms in total. The van der Waals surface area contributed by atoms with E-state index >= 15 is 0 Å². The largest absolute Gasteiger partial charge is 0.422 e. The van der Waals surface area contributed by atoms with Gasteiger partial charge in [-0.05, 0) is 48.1 Å². The number of alkyl halides is 1. The van der Waals surface area contributed by atoms with E-state index < -0.39 is 6.67 Å². The van der Waals surface area contributed by atoms with Crippen molar-refractivity contribution in [1.29, 1.82) is 0 Å². The van der Waals surface area contributed by atoms with E-state index in [1.165, 1.54) is 18.2 Å². The van der Waals surface area contributed by atoms with Gasteiger partial charge in [0.1, 0.15) is 6.67 Å². The van der Waals surface area contributed by atoms with E-state index in [2.05, 4.69) is 43.2 Å². The summed E-state index contributed by atoms with van der Waals surface area (Å²) < 4.78 is 17.4. The molecular weight excluding hydrogens is 420 g/mol. The molecule has 0 radical (unpaired) electrons. The molecule has 1 aromatic carbocycles. The van der Waals surface area contributed by atoms with Crippen molar-refractivity contribution < 1.29 is 18.6 Å². The van der Waals surface area contributed by atoms with Crippen LogP contribution in [0.25, 0.3) is 0 Å². The van der Waals surface area contributed by atoms with Gasteiger partial charge < -0.3 is 20.5 Å². The third kappa shape index (κ3) is 11.5. The molecule has 3 N–H and O–H groups in total. The van der Waals surface area contributed by atoms with E-state index in [4.69, 9.17) is 4.65 Å². The molecule has 33 heavy (non-hydrogen) atoms. The Morgan fingerprint density at radius 2 is 1.82 bits per heavy atom. The second-order valence-electron chi connectivity index (χ2n) is 8.69. The Hall–Kier alpha value is -2.87. The highest BCUT2D eigenvalue weighted by Gasteiger charge is 2.16. The lowest BCUT2D eigenvalue weighted by atomic mass is 9.86. The van der Waals surface area contributed by atoms with Gasteiger partial charge in [0.25, 0.3) is 0 Å². The van der Waals surface area contributed by atoms with E-state index in [1.54, 1.807) is 13.2 Å². The van der Waals surface area contributed by atoms with Gasteiger partial charge in [-0.15, -0.1) is 0 Å². The molecule has 0 spiro atoms. The molecule has 2 amide bonds. The molecule has 8 heteroatoms. The zero-order valence-electron chi connectivity index (χ0n) is 20.3. The third-order valence-corrected chi connectivity index (χ3v) is 4.84. The van der Waals surface area contributed by atoms with Gasteiger partial charge in [-0.2, -0.15) is 0 Å². The number of rotatable bonds is 14. The van der Waals surface area contributed by atoms with Gasteiger partial charge in [0, 0.05) is 31.3 Å². The second kappa shape index (κ2) is 15.1. The van der Waals surface area contributed by atoms with E-state index in [9.17, 15) is 14.0 Å². The molecule has 0 unspecified atom stereocenters. The van der Waals surface area contributed by atoms with Crippen molar-refractivity contribution in [3.05, 3.63) is 60.3 Å². The molecule has 0 heterocycles. The Morgan fingerprint density at radius 3 is 2.42 bits per heavy atom. The Balaban J connectivity index is 2.52. The van der Waals surface area contributed by atoms with Gasteiger partial charge in [-0.25, -0.2) is 4.39 Å². The summed E-state index contributed by atoms with van der Waals surface area (Å²) in [5, 5.41) is 8.88. The Kier molecular flexibility index (Phi) is 12.9. The Morgan fingerprint density at radius 1 is 1.12 bits per heavy atom. The van der Waals surface area contributed by atoms with Gasteiger partial charge in [0.05, 0.1) is 5.69 Å². The summed E-state index contributed by atoms with van der Waals surface area (Å²) in [5.41, 5.74) is 3.12. The maximum atomic E-state index is 12.5. The normalized spacial score (nSPS) is 11.8. The molecule has 0 saturated heterocycles. The molecule has 0 aliphatic rings. The van der Waals surface area contributed by atoms with E-state index in [0.29, 0.717) is 39.0 Å². The number of carbonyl (C=O) groups excluding carboxylic acids is 2. The van der Waals surface area contributed by atoms with Crippen molar-refractivity contribution in [2.24, 2.45) is 0 Å². The van der Waals surface area contributed by atoms with Crippen LogP contribution < -0.4 is 15.9 Å². The average molecular weight is 457 g/mol. The van der Waals surface area contributed by atoms with Gasteiger partial charge >= 0.3 is 7.62 Å². The highest BCUT2D eigenvalue weighted by molar-refractivity contribution is 6.33. The first-order valence-electron chi connectivity index (χ1n) is 11.2. The minimum Gasteiger partial charge on any atom is -0.422 e. The first kappa shape index (κ1) is 28.2. The minimum absolute atomic E-state index is 0.0395. The number of halogens is 1. The first-order chi connectivity index (χ1) is 15.7. The van der Waals surface area contributed by atoms with Gasteiger partial charge in [0.15, 0.2) is 0 Å². The lowest BCUT2D eigenvalue weighted by Gasteiger charge is -2.22. The van der Waals surface area contributed by atoms with Crippen LogP contribution in [0.3, 0.4) is 0 Å². The molecule has 0 saturated carbocycles. The Bertz CT molecular complexity index is 848. The van der Waals surface area contributed by atoms with Crippen LogP contribution >= 0.6 is 0 Å². The quantitative estimate of drug-likeness (QED) is 0.211. The molecule has 0 aliphatic heterocycles. The first-order valence-corrected chi connectivity index (χ1v) is 11.2. The monoisotopic (exact) mass is 457 g/mol. The zero-order valence-corrected chi connectivity index (χ0v) is 20.3. The van der Waals surface area contributed by atoms with Crippen LogP contribution in [0, 0.1) is 0 Å². The summed E-state index contributed by atoms with van der Waals surface area (Å²) in [6.45, 7) is 9.36. The second-order valence-corrected chi connectivity index (χ2v) is 8.69. The van der Waals surface area contributed by atoms with Crippen LogP contribution in [0.4, 0.5) is 15.8 Å². The van der Waals surface area contributed by atoms with Crippen molar-refractivity contribution in [2.75, 3.05) is 24.3 Å².